The Balaban J connectivity index is 1.07. The Morgan fingerprint density at radius 2 is 0.939 bits per heavy atom. The van der Waals surface area contributed by atoms with Crippen molar-refractivity contribution in [1.82, 2.24) is 19.9 Å². The van der Waals surface area contributed by atoms with E-state index in [9.17, 15) is 0 Å². The van der Waals surface area contributed by atoms with Crippen molar-refractivity contribution in [3.63, 3.8) is 0 Å². The molecule has 0 fully saturated rings. The van der Waals surface area contributed by atoms with Crippen molar-refractivity contribution in [3.05, 3.63) is 97.1 Å². The first kappa shape index (κ1) is 19.1. The second-order valence-corrected chi connectivity index (χ2v) is 7.66. The molecule has 0 amide bonds. The predicted octanol–water partition coefficient (Wildman–Crippen LogP) is 6.19. The van der Waals surface area contributed by atoms with Crippen molar-refractivity contribution in [3.8, 4) is 34.3 Å². The van der Waals surface area contributed by atoms with Crippen molar-refractivity contribution in [2.24, 2.45) is 0 Å². The molecule has 0 bridgehead atoms. The zero-order valence-electron chi connectivity index (χ0n) is 17.7. The lowest BCUT2D eigenvalue weighted by molar-refractivity contribution is 0.120. The van der Waals surface area contributed by atoms with E-state index < -0.39 is 0 Å². The number of benzene rings is 4. The van der Waals surface area contributed by atoms with Gasteiger partial charge in [0.1, 0.15) is 23.1 Å². The summed E-state index contributed by atoms with van der Waals surface area (Å²) in [7, 11) is 0. The van der Waals surface area contributed by atoms with Crippen molar-refractivity contribution in [1.29, 1.82) is 0 Å². The first-order valence-corrected chi connectivity index (χ1v) is 10.7. The zero-order chi connectivity index (χ0) is 22.0. The third kappa shape index (κ3) is 3.90. The number of ether oxygens (including phenoxy) is 2. The van der Waals surface area contributed by atoms with E-state index in [1.807, 2.05) is 97.1 Å². The van der Waals surface area contributed by atoms with Crippen molar-refractivity contribution >= 4 is 22.1 Å². The molecule has 6 heteroatoms. The molecule has 2 N–H and O–H groups in total. The molecular formula is C27H20N4O2. The summed E-state index contributed by atoms with van der Waals surface area (Å²) in [5.41, 5.74) is 5.95. The molecule has 0 aliphatic carbocycles. The number of nitrogens with zero attached hydrogens (tertiary/aromatic N) is 2. The maximum atomic E-state index is 5.74. The van der Waals surface area contributed by atoms with Crippen LogP contribution < -0.4 is 9.47 Å². The summed E-state index contributed by atoms with van der Waals surface area (Å²) >= 11 is 0. The number of nitrogens with one attached hydrogen (secondary N) is 2. The van der Waals surface area contributed by atoms with Crippen LogP contribution in [-0.4, -0.2) is 26.7 Å². The molecule has 33 heavy (non-hydrogen) atoms. The number of hydrogen-bond donors (Lipinski definition) is 2. The third-order valence-electron chi connectivity index (χ3n) is 5.49. The van der Waals surface area contributed by atoms with Gasteiger partial charge >= 0.3 is 0 Å². The summed E-state index contributed by atoms with van der Waals surface area (Å²) in [5, 5.41) is 0. The van der Waals surface area contributed by atoms with Crippen LogP contribution in [0.3, 0.4) is 0 Å². The number of para-hydroxylation sites is 4. The normalized spacial score (nSPS) is 11.2. The monoisotopic (exact) mass is 432 g/mol. The Morgan fingerprint density at radius 1 is 0.515 bits per heavy atom. The molecule has 0 aliphatic heterocycles. The summed E-state index contributed by atoms with van der Waals surface area (Å²) in [6.07, 6.45) is 0. The largest absolute Gasteiger partial charge is 0.458 e. The van der Waals surface area contributed by atoms with Crippen molar-refractivity contribution in [2.45, 2.75) is 0 Å². The van der Waals surface area contributed by atoms with Crippen molar-refractivity contribution < 1.29 is 9.47 Å². The number of rotatable bonds is 6. The highest BCUT2D eigenvalue weighted by molar-refractivity contribution is 5.80. The zero-order valence-corrected chi connectivity index (χ0v) is 17.7. The summed E-state index contributed by atoms with van der Waals surface area (Å²) in [6.45, 7) is 0.119. The standard InChI is InChI=1S/C27H20N4O2/c1-2-6-23-22(5-1)28-26(29-23)18-9-13-20(14-10-18)32-17-33-21-15-11-19(12-16-21)27-30-24-7-3-4-8-25(24)31-27/h1-16H,17H2,(H,28,29)(H,30,31). The molecule has 160 valence electrons. The van der Waals surface area contributed by atoms with Crippen LogP contribution in [0.5, 0.6) is 11.5 Å². The number of hydrogen-bond acceptors (Lipinski definition) is 4. The number of imidazole rings is 2. The molecule has 6 aromatic rings. The number of aromatic amines is 2. The summed E-state index contributed by atoms with van der Waals surface area (Å²) < 4.78 is 11.5. The Labute approximate surface area is 189 Å². The van der Waals surface area contributed by atoms with E-state index in [2.05, 4.69) is 19.9 Å². The fourth-order valence-corrected chi connectivity index (χ4v) is 3.76. The minimum absolute atomic E-state index is 0.119. The quantitative estimate of drug-likeness (QED) is 0.308. The van der Waals surface area contributed by atoms with Crippen LogP contribution in [0, 0.1) is 0 Å². The second kappa shape index (κ2) is 8.16. The highest BCUT2D eigenvalue weighted by Gasteiger charge is 2.07. The molecule has 6 nitrogen and oxygen atoms in total. The summed E-state index contributed by atoms with van der Waals surface area (Å²) in [5.74, 6) is 3.13. The molecule has 2 aromatic heterocycles. The van der Waals surface area contributed by atoms with Crippen LogP contribution in [0.15, 0.2) is 97.1 Å². The van der Waals surface area contributed by atoms with Gasteiger partial charge in [-0.05, 0) is 72.8 Å². The highest BCUT2D eigenvalue weighted by Crippen LogP contribution is 2.24. The van der Waals surface area contributed by atoms with Crippen LogP contribution in [-0.2, 0) is 0 Å². The van der Waals surface area contributed by atoms with E-state index in [1.165, 1.54) is 0 Å². The van der Waals surface area contributed by atoms with Gasteiger partial charge in [0.25, 0.3) is 0 Å². The van der Waals surface area contributed by atoms with Crippen LogP contribution in [0.4, 0.5) is 0 Å². The molecular weight excluding hydrogens is 412 g/mol. The minimum Gasteiger partial charge on any atom is -0.458 e. The maximum Gasteiger partial charge on any atom is 0.230 e. The predicted molar refractivity (Wildman–Crippen MR) is 129 cm³/mol. The molecule has 2 heterocycles. The van der Waals surface area contributed by atoms with E-state index in [0.29, 0.717) is 0 Å². The van der Waals surface area contributed by atoms with Gasteiger partial charge in [-0.25, -0.2) is 9.97 Å². The van der Waals surface area contributed by atoms with Gasteiger partial charge in [0.05, 0.1) is 22.1 Å². The Morgan fingerprint density at radius 3 is 1.36 bits per heavy atom. The number of H-pyrrole nitrogens is 2. The minimum atomic E-state index is 0.119. The lowest BCUT2D eigenvalue weighted by Crippen LogP contribution is -2.05. The van der Waals surface area contributed by atoms with Gasteiger partial charge in [0, 0.05) is 11.1 Å². The van der Waals surface area contributed by atoms with E-state index in [1.54, 1.807) is 0 Å². The summed E-state index contributed by atoms with van der Waals surface area (Å²) in [4.78, 5) is 15.9. The van der Waals surface area contributed by atoms with E-state index in [0.717, 1.165) is 56.3 Å². The van der Waals surface area contributed by atoms with Gasteiger partial charge in [0.15, 0.2) is 0 Å². The number of fused-ring (bicyclic) bond motifs is 2. The maximum absolute atomic E-state index is 5.74. The first-order chi connectivity index (χ1) is 16.3. The topological polar surface area (TPSA) is 75.8 Å². The van der Waals surface area contributed by atoms with E-state index >= 15 is 0 Å². The number of aromatic nitrogens is 4. The van der Waals surface area contributed by atoms with E-state index in [-0.39, 0.29) is 6.79 Å². The van der Waals surface area contributed by atoms with Gasteiger partial charge in [-0.3, -0.25) is 0 Å². The highest BCUT2D eigenvalue weighted by atomic mass is 16.7. The fraction of sp³-hybridized carbons (Fsp3) is 0.0370. The molecule has 0 radical (unpaired) electrons. The molecule has 0 spiro atoms. The van der Waals surface area contributed by atoms with Gasteiger partial charge in [-0.15, -0.1) is 0 Å². The molecule has 0 saturated carbocycles. The molecule has 4 aromatic carbocycles. The fourth-order valence-electron chi connectivity index (χ4n) is 3.76. The van der Waals surface area contributed by atoms with E-state index in [4.69, 9.17) is 9.47 Å². The second-order valence-electron chi connectivity index (χ2n) is 7.66. The Bertz CT molecular complexity index is 1350. The third-order valence-corrected chi connectivity index (χ3v) is 5.49. The molecule has 0 saturated heterocycles. The van der Waals surface area contributed by atoms with Crippen LogP contribution in [0.25, 0.3) is 44.8 Å². The molecule has 0 atom stereocenters. The van der Waals surface area contributed by atoms with Crippen LogP contribution in [0.1, 0.15) is 0 Å². The lowest BCUT2D eigenvalue weighted by Gasteiger charge is -2.09. The molecule has 6 rings (SSSR count). The van der Waals surface area contributed by atoms with Crippen LogP contribution >= 0.6 is 0 Å². The van der Waals surface area contributed by atoms with Crippen LogP contribution in [0.2, 0.25) is 0 Å². The van der Waals surface area contributed by atoms with Gasteiger partial charge in [-0.2, -0.15) is 0 Å². The van der Waals surface area contributed by atoms with Gasteiger partial charge in [-0.1, -0.05) is 24.3 Å². The van der Waals surface area contributed by atoms with Gasteiger partial charge in [0.2, 0.25) is 6.79 Å². The molecule has 0 aliphatic rings. The van der Waals surface area contributed by atoms with Gasteiger partial charge < -0.3 is 19.4 Å². The Hall–Kier alpha value is -4.58. The molecule has 0 unspecified atom stereocenters. The lowest BCUT2D eigenvalue weighted by atomic mass is 10.2. The SMILES string of the molecule is c1ccc2[nH]c(-c3ccc(OCOc4ccc(-c5nc6ccccc6[nH]5)cc4)cc3)nc2c1. The summed E-state index contributed by atoms with van der Waals surface area (Å²) in [6, 6.07) is 31.6. The smallest absolute Gasteiger partial charge is 0.230 e. The first-order valence-electron chi connectivity index (χ1n) is 10.7. The average Bonchev–Trinajstić information content (AvgIpc) is 3.49. The van der Waals surface area contributed by atoms with Crippen molar-refractivity contribution in [2.75, 3.05) is 6.79 Å². The Kier molecular flexibility index (Phi) is 4.73. The average molecular weight is 432 g/mol.